The maximum absolute atomic E-state index is 12.5. The van der Waals surface area contributed by atoms with Crippen LogP contribution < -0.4 is 0 Å². The van der Waals surface area contributed by atoms with Gasteiger partial charge in [-0.2, -0.15) is 0 Å². The molecule has 0 radical (unpaired) electrons. The normalized spacial score (nSPS) is 21.5. The number of amides is 1. The third kappa shape index (κ3) is 3.16. The lowest BCUT2D eigenvalue weighted by Crippen LogP contribution is -2.57. The number of hydrogen-bond acceptors (Lipinski definition) is 4. The maximum atomic E-state index is 12.5. The molecule has 22 heavy (non-hydrogen) atoms. The molecule has 2 aliphatic heterocycles. The van der Waals surface area contributed by atoms with Crippen LogP contribution in [0.2, 0.25) is 0 Å². The lowest BCUT2D eigenvalue weighted by atomic mass is 9.86. The van der Waals surface area contributed by atoms with Crippen LogP contribution in [0, 0.1) is 12.3 Å². The molecule has 2 fully saturated rings. The maximum Gasteiger partial charge on any atom is 0.253 e. The van der Waals surface area contributed by atoms with Gasteiger partial charge in [0.1, 0.15) is 0 Å². The summed E-state index contributed by atoms with van der Waals surface area (Å²) in [6.07, 6.45) is 0. The van der Waals surface area contributed by atoms with Crippen molar-refractivity contribution in [3.8, 4) is 0 Å². The Morgan fingerprint density at radius 3 is 2.32 bits per heavy atom. The minimum Gasteiger partial charge on any atom is -0.396 e. The topological polar surface area (TPSA) is 53.0 Å². The smallest absolute Gasteiger partial charge is 0.253 e. The standard InChI is InChI=1S/C17H24N2O3/c1-14-2-4-15(5-3-14)16(21)19-8-6-18(7-9-19)10-17(11-20)12-22-13-17/h2-5,20H,6-13H2,1H3. The Kier molecular flexibility index (Phi) is 4.47. The van der Waals surface area contributed by atoms with Crippen molar-refractivity contribution < 1.29 is 14.6 Å². The van der Waals surface area contributed by atoms with Crippen molar-refractivity contribution in [2.75, 3.05) is 52.5 Å². The predicted octanol–water partition coefficient (Wildman–Crippen LogP) is 0.762. The minimum absolute atomic E-state index is 0.0802. The first-order valence-electron chi connectivity index (χ1n) is 7.89. The number of rotatable bonds is 4. The third-order valence-electron chi connectivity index (χ3n) is 4.67. The molecule has 0 aromatic heterocycles. The van der Waals surface area contributed by atoms with E-state index in [1.807, 2.05) is 36.1 Å². The van der Waals surface area contributed by atoms with Gasteiger partial charge < -0.3 is 14.7 Å². The average molecular weight is 304 g/mol. The second-order valence-corrected chi connectivity index (χ2v) is 6.59. The molecule has 0 atom stereocenters. The average Bonchev–Trinajstić information content (AvgIpc) is 2.52. The molecular formula is C17H24N2O3. The second-order valence-electron chi connectivity index (χ2n) is 6.59. The van der Waals surface area contributed by atoms with Crippen LogP contribution in [0.4, 0.5) is 0 Å². The summed E-state index contributed by atoms with van der Waals surface area (Å²) in [5, 5.41) is 9.51. The molecular weight excluding hydrogens is 280 g/mol. The fraction of sp³-hybridized carbons (Fsp3) is 0.588. The first-order valence-corrected chi connectivity index (χ1v) is 7.89. The molecule has 1 amide bonds. The highest BCUT2D eigenvalue weighted by atomic mass is 16.5. The third-order valence-corrected chi connectivity index (χ3v) is 4.67. The minimum atomic E-state index is -0.0802. The SMILES string of the molecule is Cc1ccc(C(=O)N2CCN(CC3(CO)COC3)CC2)cc1. The Balaban J connectivity index is 1.53. The number of aliphatic hydroxyl groups excluding tert-OH is 1. The van der Waals surface area contributed by atoms with Gasteiger partial charge in [-0.3, -0.25) is 9.69 Å². The van der Waals surface area contributed by atoms with Crippen LogP contribution in [0.3, 0.4) is 0 Å². The van der Waals surface area contributed by atoms with Crippen molar-refractivity contribution in [2.45, 2.75) is 6.92 Å². The molecule has 0 unspecified atom stereocenters. The largest absolute Gasteiger partial charge is 0.396 e. The van der Waals surface area contributed by atoms with Crippen LogP contribution in [0.1, 0.15) is 15.9 Å². The summed E-state index contributed by atoms with van der Waals surface area (Å²) >= 11 is 0. The van der Waals surface area contributed by atoms with Gasteiger partial charge in [0.2, 0.25) is 0 Å². The molecule has 5 nitrogen and oxygen atoms in total. The quantitative estimate of drug-likeness (QED) is 0.892. The number of piperazine rings is 1. The molecule has 1 N–H and O–H groups in total. The Bertz CT molecular complexity index is 512. The number of nitrogens with zero attached hydrogens (tertiary/aromatic N) is 2. The van der Waals surface area contributed by atoms with E-state index in [0.717, 1.165) is 38.3 Å². The molecule has 1 aromatic carbocycles. The molecule has 2 saturated heterocycles. The van der Waals surface area contributed by atoms with Crippen molar-refractivity contribution >= 4 is 5.91 Å². The zero-order valence-corrected chi connectivity index (χ0v) is 13.1. The molecule has 2 aliphatic rings. The highest BCUT2D eigenvalue weighted by Crippen LogP contribution is 2.28. The summed E-state index contributed by atoms with van der Waals surface area (Å²) in [5.41, 5.74) is 1.85. The van der Waals surface area contributed by atoms with Gasteiger partial charge in [0.25, 0.3) is 5.91 Å². The second kappa shape index (κ2) is 6.36. The molecule has 0 spiro atoms. The van der Waals surface area contributed by atoms with E-state index in [1.165, 1.54) is 5.56 Å². The van der Waals surface area contributed by atoms with Gasteiger partial charge in [-0.1, -0.05) is 17.7 Å². The summed E-state index contributed by atoms with van der Waals surface area (Å²) in [7, 11) is 0. The van der Waals surface area contributed by atoms with E-state index in [1.54, 1.807) is 0 Å². The summed E-state index contributed by atoms with van der Waals surface area (Å²) in [4.78, 5) is 16.7. The summed E-state index contributed by atoms with van der Waals surface area (Å²) in [6.45, 7) is 7.56. The van der Waals surface area contributed by atoms with E-state index >= 15 is 0 Å². The number of hydrogen-bond donors (Lipinski definition) is 1. The van der Waals surface area contributed by atoms with Gasteiger partial charge in [0, 0.05) is 38.3 Å². The van der Waals surface area contributed by atoms with E-state index in [4.69, 9.17) is 4.74 Å². The predicted molar refractivity (Wildman–Crippen MR) is 83.9 cm³/mol. The van der Waals surface area contributed by atoms with Crippen molar-refractivity contribution in [3.63, 3.8) is 0 Å². The lowest BCUT2D eigenvalue weighted by Gasteiger charge is -2.45. The number of aryl methyl sites for hydroxylation is 1. The first kappa shape index (κ1) is 15.5. The van der Waals surface area contributed by atoms with Crippen molar-refractivity contribution in [1.29, 1.82) is 0 Å². The fourth-order valence-corrected chi connectivity index (χ4v) is 3.09. The summed E-state index contributed by atoms with van der Waals surface area (Å²) in [5.74, 6) is 0.114. The number of carbonyl (C=O) groups is 1. The van der Waals surface area contributed by atoms with Gasteiger partial charge in [-0.05, 0) is 19.1 Å². The molecule has 0 bridgehead atoms. The molecule has 0 saturated carbocycles. The number of benzene rings is 1. The zero-order chi connectivity index (χ0) is 15.6. The molecule has 5 heteroatoms. The Hall–Kier alpha value is -1.43. The van der Waals surface area contributed by atoms with Crippen molar-refractivity contribution in [3.05, 3.63) is 35.4 Å². The van der Waals surface area contributed by atoms with Crippen LogP contribution in [0.25, 0.3) is 0 Å². The highest BCUT2D eigenvalue weighted by molar-refractivity contribution is 5.94. The van der Waals surface area contributed by atoms with Gasteiger partial charge in [0.05, 0.1) is 25.2 Å². The molecule has 1 aromatic rings. The first-order chi connectivity index (χ1) is 10.6. The van der Waals surface area contributed by atoms with Gasteiger partial charge >= 0.3 is 0 Å². The molecule has 0 aliphatic carbocycles. The van der Waals surface area contributed by atoms with E-state index in [9.17, 15) is 9.90 Å². The van der Waals surface area contributed by atoms with Crippen LogP contribution >= 0.6 is 0 Å². The van der Waals surface area contributed by atoms with Crippen molar-refractivity contribution in [2.24, 2.45) is 5.41 Å². The Morgan fingerprint density at radius 2 is 1.82 bits per heavy atom. The van der Waals surface area contributed by atoms with E-state index in [-0.39, 0.29) is 17.9 Å². The molecule has 3 rings (SSSR count). The Morgan fingerprint density at radius 1 is 1.18 bits per heavy atom. The summed E-state index contributed by atoms with van der Waals surface area (Å²) < 4.78 is 5.25. The molecule has 2 heterocycles. The van der Waals surface area contributed by atoms with E-state index in [0.29, 0.717) is 13.2 Å². The number of aliphatic hydroxyl groups is 1. The lowest BCUT2D eigenvalue weighted by molar-refractivity contribution is -0.150. The fourth-order valence-electron chi connectivity index (χ4n) is 3.09. The number of ether oxygens (including phenoxy) is 1. The zero-order valence-electron chi connectivity index (χ0n) is 13.1. The van der Waals surface area contributed by atoms with Crippen LogP contribution in [-0.2, 0) is 4.74 Å². The van der Waals surface area contributed by atoms with E-state index in [2.05, 4.69) is 4.90 Å². The van der Waals surface area contributed by atoms with E-state index < -0.39 is 0 Å². The summed E-state index contributed by atoms with van der Waals surface area (Å²) in [6, 6.07) is 7.75. The van der Waals surface area contributed by atoms with Gasteiger partial charge in [0.15, 0.2) is 0 Å². The van der Waals surface area contributed by atoms with Crippen molar-refractivity contribution in [1.82, 2.24) is 9.80 Å². The highest BCUT2D eigenvalue weighted by Gasteiger charge is 2.40. The Labute approximate surface area is 131 Å². The molecule has 120 valence electrons. The van der Waals surface area contributed by atoms with Gasteiger partial charge in [-0.15, -0.1) is 0 Å². The van der Waals surface area contributed by atoms with Crippen LogP contribution in [-0.4, -0.2) is 73.4 Å². The van der Waals surface area contributed by atoms with Crippen LogP contribution in [0.15, 0.2) is 24.3 Å². The van der Waals surface area contributed by atoms with Gasteiger partial charge in [-0.25, -0.2) is 0 Å². The number of carbonyl (C=O) groups excluding carboxylic acids is 1. The van der Waals surface area contributed by atoms with Crippen LogP contribution in [0.5, 0.6) is 0 Å². The monoisotopic (exact) mass is 304 g/mol.